The summed E-state index contributed by atoms with van der Waals surface area (Å²) < 4.78 is 25.9. The summed E-state index contributed by atoms with van der Waals surface area (Å²) in [6, 6.07) is 2.05. The smallest absolute Gasteiger partial charge is 0.358 e. The van der Waals surface area contributed by atoms with Crippen LogP contribution in [0.25, 0.3) is 0 Å². The van der Waals surface area contributed by atoms with E-state index in [1.807, 2.05) is 0 Å². The molecule has 1 aromatic heterocycles. The molecule has 20 heavy (non-hydrogen) atoms. The monoisotopic (exact) mass is 301 g/mol. The van der Waals surface area contributed by atoms with E-state index < -0.39 is 26.2 Å². The van der Waals surface area contributed by atoms with Crippen LogP contribution in [0.5, 0.6) is 0 Å². The SMILES string of the molecule is CC(C)(C)C(=O)CNS(=O)(=O)c1ccc([N+](=O)[O-])nc1. The lowest BCUT2D eigenvalue weighted by molar-refractivity contribution is -0.389. The predicted octanol–water partition coefficient (Wildman–Crippen LogP) is 0.883. The minimum atomic E-state index is -3.91. The van der Waals surface area contributed by atoms with E-state index in [0.29, 0.717) is 0 Å². The fourth-order valence-corrected chi connectivity index (χ4v) is 2.07. The van der Waals surface area contributed by atoms with Crippen molar-refractivity contribution in [3.63, 3.8) is 0 Å². The summed E-state index contributed by atoms with van der Waals surface area (Å²) in [4.78, 5) is 24.5. The van der Waals surface area contributed by atoms with E-state index in [1.54, 1.807) is 20.8 Å². The fraction of sp³-hybridized carbons (Fsp3) is 0.455. The quantitative estimate of drug-likeness (QED) is 0.637. The summed E-state index contributed by atoms with van der Waals surface area (Å²) in [5.41, 5.74) is -0.657. The van der Waals surface area contributed by atoms with Crippen LogP contribution < -0.4 is 4.72 Å². The number of rotatable bonds is 5. The molecule has 1 N–H and O–H groups in total. The zero-order valence-electron chi connectivity index (χ0n) is 11.3. The first-order valence-corrected chi connectivity index (χ1v) is 7.16. The van der Waals surface area contributed by atoms with Gasteiger partial charge in [-0.15, -0.1) is 0 Å². The van der Waals surface area contributed by atoms with Crippen LogP contribution in [0.1, 0.15) is 20.8 Å². The molecule has 0 aromatic carbocycles. The van der Waals surface area contributed by atoms with Crippen molar-refractivity contribution in [3.8, 4) is 0 Å². The zero-order chi connectivity index (χ0) is 15.6. The summed E-state index contributed by atoms with van der Waals surface area (Å²) in [5, 5.41) is 10.4. The Kier molecular flexibility index (Phi) is 4.56. The number of carbonyl (C=O) groups is 1. The van der Waals surface area contributed by atoms with Crippen molar-refractivity contribution in [2.75, 3.05) is 6.54 Å². The number of aromatic nitrogens is 1. The molecule has 1 aromatic rings. The Morgan fingerprint density at radius 1 is 1.40 bits per heavy atom. The summed E-state index contributed by atoms with van der Waals surface area (Å²) in [6.45, 7) is 4.69. The molecule has 0 fully saturated rings. The van der Waals surface area contributed by atoms with Gasteiger partial charge in [0.1, 0.15) is 4.90 Å². The molecule has 0 aliphatic rings. The second kappa shape index (κ2) is 5.63. The number of pyridine rings is 1. The van der Waals surface area contributed by atoms with Crippen LogP contribution in [0.2, 0.25) is 0 Å². The minimum Gasteiger partial charge on any atom is -0.358 e. The number of Topliss-reactive ketones (excluding diaryl/α,β-unsaturated/α-hetero) is 1. The van der Waals surface area contributed by atoms with Gasteiger partial charge in [0.15, 0.2) is 12.0 Å². The molecule has 1 heterocycles. The van der Waals surface area contributed by atoms with E-state index in [-0.39, 0.29) is 17.2 Å². The molecule has 0 aliphatic heterocycles. The number of ketones is 1. The largest absolute Gasteiger partial charge is 0.363 e. The maximum absolute atomic E-state index is 11.9. The molecule has 1 rings (SSSR count). The molecule has 0 saturated heterocycles. The highest BCUT2D eigenvalue weighted by atomic mass is 32.2. The van der Waals surface area contributed by atoms with Gasteiger partial charge >= 0.3 is 5.82 Å². The zero-order valence-corrected chi connectivity index (χ0v) is 12.1. The van der Waals surface area contributed by atoms with E-state index in [4.69, 9.17) is 0 Å². The molecule has 0 atom stereocenters. The van der Waals surface area contributed by atoms with E-state index in [9.17, 15) is 23.3 Å². The minimum absolute atomic E-state index is 0.232. The third-order valence-electron chi connectivity index (χ3n) is 2.48. The van der Waals surface area contributed by atoms with Gasteiger partial charge in [-0.25, -0.2) is 13.1 Å². The number of carbonyl (C=O) groups excluding carboxylic acids is 1. The Hall–Kier alpha value is -1.87. The second-order valence-corrected chi connectivity index (χ2v) is 6.87. The molecule has 0 spiro atoms. The van der Waals surface area contributed by atoms with Gasteiger partial charge in [-0.2, -0.15) is 0 Å². The van der Waals surface area contributed by atoms with E-state index >= 15 is 0 Å². The lowest BCUT2D eigenvalue weighted by atomic mass is 9.91. The highest BCUT2D eigenvalue weighted by molar-refractivity contribution is 7.89. The molecule has 0 aliphatic carbocycles. The van der Waals surface area contributed by atoms with Gasteiger partial charge in [-0.3, -0.25) is 4.79 Å². The molecule has 0 unspecified atom stereocenters. The standard InChI is InChI=1S/C11H15N3O5S/c1-11(2,3)9(15)7-13-20(18,19)8-4-5-10(12-6-8)14(16)17/h4-6,13H,7H2,1-3H3. The molecule has 0 radical (unpaired) electrons. The Labute approximate surface area is 116 Å². The van der Waals surface area contributed by atoms with Gasteiger partial charge in [-0.05, 0) is 16.0 Å². The number of nitro groups is 1. The van der Waals surface area contributed by atoms with Crippen molar-refractivity contribution in [1.82, 2.24) is 9.71 Å². The molecular weight excluding hydrogens is 286 g/mol. The summed E-state index contributed by atoms with van der Waals surface area (Å²) in [6.07, 6.45) is 0.877. The maximum atomic E-state index is 11.9. The van der Waals surface area contributed by atoms with Gasteiger partial charge in [0.25, 0.3) is 0 Å². The molecule has 8 nitrogen and oxygen atoms in total. The molecule has 9 heteroatoms. The molecule has 0 bridgehead atoms. The van der Waals surface area contributed by atoms with Crippen LogP contribution in [-0.2, 0) is 14.8 Å². The molecule has 110 valence electrons. The number of sulfonamides is 1. The first kappa shape index (κ1) is 16.2. The molecule has 0 amide bonds. The van der Waals surface area contributed by atoms with Gasteiger partial charge in [-0.1, -0.05) is 20.8 Å². The van der Waals surface area contributed by atoms with Crippen molar-refractivity contribution in [1.29, 1.82) is 0 Å². The Morgan fingerprint density at radius 3 is 2.40 bits per heavy atom. The molecule has 0 saturated carbocycles. The van der Waals surface area contributed by atoms with Crippen molar-refractivity contribution in [3.05, 3.63) is 28.4 Å². The Morgan fingerprint density at radius 2 is 2.00 bits per heavy atom. The average molecular weight is 301 g/mol. The van der Waals surface area contributed by atoms with Crippen LogP contribution in [0.4, 0.5) is 5.82 Å². The van der Waals surface area contributed by atoms with Crippen LogP contribution in [0, 0.1) is 15.5 Å². The number of hydrogen-bond acceptors (Lipinski definition) is 6. The van der Waals surface area contributed by atoms with Crippen molar-refractivity contribution in [2.24, 2.45) is 5.41 Å². The van der Waals surface area contributed by atoms with Crippen molar-refractivity contribution in [2.45, 2.75) is 25.7 Å². The van der Waals surface area contributed by atoms with Crippen LogP contribution in [0.3, 0.4) is 0 Å². The van der Waals surface area contributed by atoms with Crippen molar-refractivity contribution < 1.29 is 18.1 Å². The topological polar surface area (TPSA) is 119 Å². The highest BCUT2D eigenvalue weighted by Crippen LogP contribution is 2.15. The number of nitrogens with one attached hydrogen (secondary N) is 1. The average Bonchev–Trinajstić information content (AvgIpc) is 2.35. The van der Waals surface area contributed by atoms with Crippen molar-refractivity contribution >= 4 is 21.6 Å². The number of nitrogens with zero attached hydrogens (tertiary/aromatic N) is 2. The number of hydrogen-bond donors (Lipinski definition) is 1. The molecular formula is C11H15N3O5S. The first-order valence-electron chi connectivity index (χ1n) is 5.67. The van der Waals surface area contributed by atoms with Crippen LogP contribution in [0.15, 0.2) is 23.2 Å². The normalized spacial score (nSPS) is 12.2. The van der Waals surface area contributed by atoms with Gasteiger partial charge in [0.2, 0.25) is 10.0 Å². The predicted molar refractivity (Wildman–Crippen MR) is 70.5 cm³/mol. The fourth-order valence-electron chi connectivity index (χ4n) is 1.15. The lowest BCUT2D eigenvalue weighted by Gasteiger charge is -2.16. The first-order chi connectivity index (χ1) is 9.04. The third-order valence-corrected chi connectivity index (χ3v) is 3.86. The Balaban J connectivity index is 2.84. The highest BCUT2D eigenvalue weighted by Gasteiger charge is 2.24. The summed E-state index contributed by atoms with van der Waals surface area (Å²) >= 11 is 0. The van der Waals surface area contributed by atoms with Gasteiger partial charge in [0, 0.05) is 11.5 Å². The van der Waals surface area contributed by atoms with E-state index in [1.165, 1.54) is 0 Å². The van der Waals surface area contributed by atoms with Gasteiger partial charge < -0.3 is 10.1 Å². The van der Waals surface area contributed by atoms with Gasteiger partial charge in [0.05, 0.1) is 6.54 Å². The maximum Gasteiger partial charge on any atom is 0.363 e. The van der Waals surface area contributed by atoms with Crippen LogP contribution >= 0.6 is 0 Å². The lowest BCUT2D eigenvalue weighted by Crippen LogP contribution is -2.35. The third kappa shape index (κ3) is 4.07. The van der Waals surface area contributed by atoms with Crippen LogP contribution in [-0.4, -0.2) is 30.7 Å². The summed E-state index contributed by atoms with van der Waals surface area (Å²) in [7, 11) is -3.91. The van der Waals surface area contributed by atoms with E-state index in [0.717, 1.165) is 18.3 Å². The summed E-state index contributed by atoms with van der Waals surface area (Å²) in [5.74, 6) is -0.717. The Bertz CT molecular complexity index is 616. The van der Waals surface area contributed by atoms with E-state index in [2.05, 4.69) is 9.71 Å². The second-order valence-electron chi connectivity index (χ2n) is 5.11.